The summed E-state index contributed by atoms with van der Waals surface area (Å²) in [6.07, 6.45) is 3.51. The van der Waals surface area contributed by atoms with Crippen LogP contribution in [-0.4, -0.2) is 69.2 Å². The largest absolute Gasteiger partial charge is 0.339 e. The van der Waals surface area contributed by atoms with Gasteiger partial charge in [0.15, 0.2) is 0 Å². The van der Waals surface area contributed by atoms with Crippen LogP contribution in [0.4, 0.5) is 0 Å². The second-order valence-corrected chi connectivity index (χ2v) is 9.95. The number of thioether (sulfide) groups is 1. The summed E-state index contributed by atoms with van der Waals surface area (Å²) in [6, 6.07) is 8.84. The number of piperazine rings is 1. The van der Waals surface area contributed by atoms with Gasteiger partial charge in [0.1, 0.15) is 15.9 Å². The molecule has 3 aromatic rings. The number of pyridine rings is 1. The third-order valence-electron chi connectivity index (χ3n) is 4.68. The summed E-state index contributed by atoms with van der Waals surface area (Å²) in [7, 11) is -3.67. The van der Waals surface area contributed by atoms with E-state index in [1.165, 1.54) is 16.1 Å². The van der Waals surface area contributed by atoms with E-state index in [1.807, 2.05) is 12.1 Å². The van der Waals surface area contributed by atoms with E-state index in [4.69, 9.17) is 0 Å². The van der Waals surface area contributed by atoms with Gasteiger partial charge in [0.05, 0.1) is 17.5 Å². The highest BCUT2D eigenvalue weighted by Gasteiger charge is 2.31. The van der Waals surface area contributed by atoms with E-state index in [-0.39, 0.29) is 23.9 Å². The highest BCUT2D eigenvalue weighted by atomic mass is 32.2. The van der Waals surface area contributed by atoms with Crippen LogP contribution < -0.4 is 0 Å². The van der Waals surface area contributed by atoms with Crippen molar-refractivity contribution in [3.63, 3.8) is 0 Å². The Morgan fingerprint density at radius 3 is 2.69 bits per heavy atom. The number of hydrogen-bond donors (Lipinski definition) is 0. The van der Waals surface area contributed by atoms with Crippen molar-refractivity contribution in [2.45, 2.75) is 10.6 Å². The van der Waals surface area contributed by atoms with E-state index in [9.17, 15) is 13.2 Å². The molecule has 0 saturated carbocycles. The zero-order valence-electron chi connectivity index (χ0n) is 15.5. The summed E-state index contributed by atoms with van der Waals surface area (Å²) in [4.78, 5) is 18.4. The SMILES string of the molecule is O=C(CSCc1cccnc1)N1CCN(S(=O)(=O)c2cccc3nsnc23)CC1. The number of carbonyl (C=O) groups is 1. The third kappa shape index (κ3) is 4.42. The van der Waals surface area contributed by atoms with E-state index in [2.05, 4.69) is 13.7 Å². The Hall–Kier alpha value is -2.08. The maximum atomic E-state index is 13.1. The number of aromatic nitrogens is 3. The first-order valence-electron chi connectivity index (χ1n) is 9.01. The average Bonchev–Trinajstić information content (AvgIpc) is 3.23. The van der Waals surface area contributed by atoms with Crippen molar-refractivity contribution in [1.82, 2.24) is 22.9 Å². The van der Waals surface area contributed by atoms with Gasteiger partial charge in [-0.15, -0.1) is 11.8 Å². The molecule has 1 aromatic carbocycles. The second-order valence-electron chi connectivity index (χ2n) is 6.53. The van der Waals surface area contributed by atoms with Crippen LogP contribution in [-0.2, 0) is 20.6 Å². The maximum absolute atomic E-state index is 13.1. The van der Waals surface area contributed by atoms with E-state index in [0.29, 0.717) is 29.9 Å². The molecule has 152 valence electrons. The minimum Gasteiger partial charge on any atom is -0.339 e. The topological polar surface area (TPSA) is 96.4 Å². The number of fused-ring (bicyclic) bond motifs is 1. The van der Waals surface area contributed by atoms with Crippen LogP contribution in [0.3, 0.4) is 0 Å². The molecule has 0 bridgehead atoms. The molecule has 4 rings (SSSR count). The van der Waals surface area contributed by atoms with Gasteiger partial charge >= 0.3 is 0 Å². The van der Waals surface area contributed by atoms with Crippen LogP contribution in [0.1, 0.15) is 5.56 Å². The van der Waals surface area contributed by atoms with Crippen molar-refractivity contribution in [2.24, 2.45) is 0 Å². The summed E-state index contributed by atoms with van der Waals surface area (Å²) in [5.41, 5.74) is 2.06. The fraction of sp³-hybridized carbons (Fsp3) is 0.333. The number of carbonyl (C=O) groups excluding carboxylic acids is 1. The van der Waals surface area contributed by atoms with Gasteiger partial charge < -0.3 is 4.90 Å². The van der Waals surface area contributed by atoms with Gasteiger partial charge in [0, 0.05) is 44.3 Å². The van der Waals surface area contributed by atoms with Crippen LogP contribution in [0, 0.1) is 0 Å². The minimum absolute atomic E-state index is 0.0294. The molecule has 1 amide bonds. The van der Waals surface area contributed by atoms with Crippen LogP contribution in [0.5, 0.6) is 0 Å². The standard InChI is InChI=1S/C18H19N5O3S3/c24-17(13-27-12-14-3-2-6-19-11-14)22-7-9-23(10-8-22)29(25,26)16-5-1-4-15-18(16)21-28-20-15/h1-6,11H,7-10,12-13H2. The van der Waals surface area contributed by atoms with Crippen molar-refractivity contribution >= 4 is 50.5 Å². The lowest BCUT2D eigenvalue weighted by Crippen LogP contribution is -2.51. The van der Waals surface area contributed by atoms with E-state index in [0.717, 1.165) is 23.0 Å². The molecule has 1 aliphatic heterocycles. The first-order chi connectivity index (χ1) is 14.1. The molecule has 0 atom stereocenters. The predicted molar refractivity (Wildman–Crippen MR) is 113 cm³/mol. The molecule has 0 N–H and O–H groups in total. The van der Waals surface area contributed by atoms with Gasteiger partial charge in [-0.2, -0.15) is 13.1 Å². The lowest BCUT2D eigenvalue weighted by atomic mass is 10.3. The number of amides is 1. The third-order valence-corrected chi connectivity index (χ3v) is 8.14. The molecule has 0 unspecified atom stereocenters. The Morgan fingerprint density at radius 1 is 1.10 bits per heavy atom. The average molecular weight is 450 g/mol. The van der Waals surface area contributed by atoms with Crippen molar-refractivity contribution in [3.8, 4) is 0 Å². The van der Waals surface area contributed by atoms with E-state index >= 15 is 0 Å². The quantitative estimate of drug-likeness (QED) is 0.567. The Labute approximate surface area is 177 Å². The highest BCUT2D eigenvalue weighted by Crippen LogP contribution is 2.25. The summed E-state index contributed by atoms with van der Waals surface area (Å²) >= 11 is 2.53. The predicted octanol–water partition coefficient (Wildman–Crippen LogP) is 1.85. The zero-order chi connectivity index (χ0) is 20.3. The van der Waals surface area contributed by atoms with Crippen molar-refractivity contribution in [2.75, 3.05) is 31.9 Å². The van der Waals surface area contributed by atoms with Crippen LogP contribution in [0.25, 0.3) is 11.0 Å². The van der Waals surface area contributed by atoms with Gasteiger partial charge in [-0.1, -0.05) is 12.1 Å². The molecule has 2 aromatic heterocycles. The molecule has 11 heteroatoms. The Bertz CT molecular complexity index is 1100. The molecule has 3 heterocycles. The van der Waals surface area contributed by atoms with Crippen molar-refractivity contribution < 1.29 is 13.2 Å². The first kappa shape index (κ1) is 20.2. The summed E-state index contributed by atoms with van der Waals surface area (Å²) in [5.74, 6) is 1.12. The number of rotatable bonds is 6. The highest BCUT2D eigenvalue weighted by molar-refractivity contribution is 7.99. The van der Waals surface area contributed by atoms with E-state index < -0.39 is 10.0 Å². The molecule has 1 aliphatic rings. The molecule has 8 nitrogen and oxygen atoms in total. The first-order valence-corrected chi connectivity index (χ1v) is 12.3. The van der Waals surface area contributed by atoms with Gasteiger partial charge in [-0.25, -0.2) is 8.42 Å². The molecule has 29 heavy (non-hydrogen) atoms. The Morgan fingerprint density at radius 2 is 1.93 bits per heavy atom. The van der Waals surface area contributed by atoms with Crippen LogP contribution >= 0.6 is 23.5 Å². The smallest absolute Gasteiger partial charge is 0.245 e. The summed E-state index contributed by atoms with van der Waals surface area (Å²) in [6.45, 7) is 1.32. The molecule has 1 saturated heterocycles. The Balaban J connectivity index is 1.34. The van der Waals surface area contributed by atoms with Gasteiger partial charge in [0.25, 0.3) is 0 Å². The van der Waals surface area contributed by atoms with Crippen molar-refractivity contribution in [3.05, 3.63) is 48.3 Å². The molecule has 0 radical (unpaired) electrons. The van der Waals surface area contributed by atoms with Gasteiger partial charge in [-0.05, 0) is 23.8 Å². The minimum atomic E-state index is -3.67. The van der Waals surface area contributed by atoms with Crippen LogP contribution in [0.2, 0.25) is 0 Å². The lowest BCUT2D eigenvalue weighted by Gasteiger charge is -2.34. The maximum Gasteiger partial charge on any atom is 0.245 e. The number of benzene rings is 1. The van der Waals surface area contributed by atoms with Crippen LogP contribution in [0.15, 0.2) is 47.6 Å². The van der Waals surface area contributed by atoms with Gasteiger partial charge in [0.2, 0.25) is 15.9 Å². The zero-order valence-corrected chi connectivity index (χ0v) is 17.9. The lowest BCUT2D eigenvalue weighted by molar-refractivity contribution is -0.129. The molecule has 0 spiro atoms. The number of hydrogen-bond acceptors (Lipinski definition) is 8. The summed E-state index contributed by atoms with van der Waals surface area (Å²) < 4.78 is 35.8. The fourth-order valence-electron chi connectivity index (χ4n) is 3.14. The molecular formula is C18H19N5O3S3. The fourth-order valence-corrected chi connectivity index (χ4v) is 6.18. The molecule has 0 aliphatic carbocycles. The van der Waals surface area contributed by atoms with E-state index in [1.54, 1.807) is 35.5 Å². The second kappa shape index (κ2) is 8.74. The molecule has 1 fully saturated rings. The van der Waals surface area contributed by atoms with Gasteiger partial charge in [-0.3, -0.25) is 9.78 Å². The Kier molecular flexibility index (Phi) is 6.09. The monoisotopic (exact) mass is 449 g/mol. The normalized spacial score (nSPS) is 15.7. The molecular weight excluding hydrogens is 430 g/mol. The summed E-state index contributed by atoms with van der Waals surface area (Å²) in [5, 5.41) is 0. The number of nitrogens with zero attached hydrogens (tertiary/aromatic N) is 5. The number of sulfonamides is 1. The van der Waals surface area contributed by atoms with Crippen molar-refractivity contribution in [1.29, 1.82) is 0 Å².